The van der Waals surface area contributed by atoms with Gasteiger partial charge in [-0.15, -0.1) is 0 Å². The number of esters is 1. The zero-order chi connectivity index (χ0) is 30.7. The molecule has 0 bridgehead atoms. The highest BCUT2D eigenvalue weighted by atomic mass is 79.9. The summed E-state index contributed by atoms with van der Waals surface area (Å²) in [6, 6.07) is 9.85. The number of nitrogens with zero attached hydrogens (tertiary/aromatic N) is 3. The summed E-state index contributed by atoms with van der Waals surface area (Å²) in [5.74, 6) is 0.945. The Morgan fingerprint density at radius 2 is 1.77 bits per heavy atom. The fourth-order valence-corrected chi connectivity index (χ4v) is 6.77. The lowest BCUT2D eigenvalue weighted by atomic mass is 9.95. The van der Waals surface area contributed by atoms with Crippen molar-refractivity contribution in [1.29, 1.82) is 0 Å². The van der Waals surface area contributed by atoms with Crippen LogP contribution < -0.4 is 29.1 Å². The Bertz CT molecular complexity index is 1760. The van der Waals surface area contributed by atoms with Gasteiger partial charge in [-0.05, 0) is 68.2 Å². The van der Waals surface area contributed by atoms with Gasteiger partial charge < -0.3 is 23.8 Å². The van der Waals surface area contributed by atoms with Crippen molar-refractivity contribution in [3.63, 3.8) is 0 Å². The third-order valence-corrected chi connectivity index (χ3v) is 8.98. The van der Waals surface area contributed by atoms with Crippen LogP contribution in [0.15, 0.2) is 61.9 Å². The van der Waals surface area contributed by atoms with E-state index in [4.69, 9.17) is 18.9 Å². The van der Waals surface area contributed by atoms with Crippen LogP contribution in [0.5, 0.6) is 17.2 Å². The molecule has 1 saturated heterocycles. The molecule has 2 aliphatic heterocycles. The summed E-state index contributed by atoms with van der Waals surface area (Å²) in [4.78, 5) is 46.4. The minimum atomic E-state index is -0.824. The van der Waals surface area contributed by atoms with E-state index in [9.17, 15) is 14.4 Å². The van der Waals surface area contributed by atoms with Crippen molar-refractivity contribution in [3.8, 4) is 17.2 Å². The number of halogens is 1. The molecule has 0 spiro atoms. The minimum Gasteiger partial charge on any atom is -0.493 e. The molecule has 1 amide bonds. The molecule has 43 heavy (non-hydrogen) atoms. The standard InChI is InChI=1S/C31H32BrN3O7S/c1-5-41-30(38)27-18(2)33-31-35(28(27)21-15-23(39-3)24(40-4)16-22(21)32)29(37)25(43-31)14-19-8-10-20(11-9-19)42-17-26(36)34-12-6-7-13-34/h8-11,14-16,28H,5-7,12-13,17H2,1-4H3/b25-14+/t28-/m0/s1. The van der Waals surface area contributed by atoms with Crippen molar-refractivity contribution in [2.75, 3.05) is 40.5 Å². The molecule has 3 aromatic rings. The maximum atomic E-state index is 14.0. The Morgan fingerprint density at radius 1 is 1.09 bits per heavy atom. The molecular formula is C31H32BrN3O7S. The average molecular weight is 671 g/mol. The molecule has 5 rings (SSSR count). The number of likely N-dealkylation sites (tertiary alicyclic amines) is 1. The first kappa shape index (κ1) is 30.6. The van der Waals surface area contributed by atoms with E-state index >= 15 is 0 Å². The molecule has 3 heterocycles. The van der Waals surface area contributed by atoms with Crippen LogP contribution in [-0.4, -0.2) is 61.9 Å². The van der Waals surface area contributed by atoms with E-state index in [0.29, 0.717) is 42.3 Å². The number of fused-ring (bicyclic) bond motifs is 1. The van der Waals surface area contributed by atoms with Gasteiger partial charge in [0.25, 0.3) is 11.5 Å². The summed E-state index contributed by atoms with van der Waals surface area (Å²) < 4.78 is 24.6. The zero-order valence-corrected chi connectivity index (χ0v) is 26.7. The summed E-state index contributed by atoms with van der Waals surface area (Å²) in [6.45, 7) is 5.19. The van der Waals surface area contributed by atoms with Crippen LogP contribution in [-0.2, 0) is 14.3 Å². The van der Waals surface area contributed by atoms with Gasteiger partial charge in [0.2, 0.25) is 0 Å². The monoisotopic (exact) mass is 669 g/mol. The van der Waals surface area contributed by atoms with Crippen molar-refractivity contribution in [2.24, 2.45) is 4.99 Å². The second-order valence-electron chi connectivity index (χ2n) is 9.98. The van der Waals surface area contributed by atoms with Crippen LogP contribution in [0.4, 0.5) is 0 Å². The summed E-state index contributed by atoms with van der Waals surface area (Å²) in [7, 11) is 3.06. The molecule has 2 aromatic carbocycles. The van der Waals surface area contributed by atoms with Gasteiger partial charge in [0.15, 0.2) is 22.9 Å². The molecule has 0 radical (unpaired) electrons. The number of ether oxygens (including phenoxy) is 4. The molecule has 0 N–H and O–H groups in total. The zero-order valence-electron chi connectivity index (χ0n) is 24.3. The van der Waals surface area contributed by atoms with E-state index in [1.807, 2.05) is 17.0 Å². The maximum Gasteiger partial charge on any atom is 0.338 e. The second kappa shape index (κ2) is 13.2. The predicted molar refractivity (Wildman–Crippen MR) is 165 cm³/mol. The van der Waals surface area contributed by atoms with Crippen LogP contribution in [0.3, 0.4) is 0 Å². The molecule has 1 atom stereocenters. The Balaban J connectivity index is 1.52. The number of benzene rings is 2. The molecule has 1 fully saturated rings. The Labute approximate surface area is 261 Å². The summed E-state index contributed by atoms with van der Waals surface area (Å²) in [5.41, 5.74) is 1.81. The number of methoxy groups -OCH3 is 2. The number of amides is 1. The quantitative estimate of drug-likeness (QED) is 0.321. The lowest BCUT2D eigenvalue weighted by molar-refractivity contribution is -0.139. The molecule has 12 heteroatoms. The summed E-state index contributed by atoms with van der Waals surface area (Å²) in [6.07, 6.45) is 3.83. The van der Waals surface area contributed by atoms with Gasteiger partial charge in [0, 0.05) is 17.6 Å². The molecule has 0 saturated carbocycles. The summed E-state index contributed by atoms with van der Waals surface area (Å²) >= 11 is 4.84. The first-order valence-electron chi connectivity index (χ1n) is 13.9. The molecule has 10 nitrogen and oxygen atoms in total. The molecule has 226 valence electrons. The fraction of sp³-hybridized carbons (Fsp3) is 0.355. The van der Waals surface area contributed by atoms with Gasteiger partial charge in [-0.25, -0.2) is 9.79 Å². The van der Waals surface area contributed by atoms with Crippen molar-refractivity contribution in [3.05, 3.63) is 83.0 Å². The third-order valence-electron chi connectivity index (χ3n) is 7.31. The van der Waals surface area contributed by atoms with Crippen LogP contribution >= 0.6 is 27.3 Å². The van der Waals surface area contributed by atoms with Gasteiger partial charge in [-0.1, -0.05) is 39.4 Å². The first-order chi connectivity index (χ1) is 20.7. The molecule has 2 aliphatic rings. The van der Waals surface area contributed by atoms with Crippen LogP contribution in [0.25, 0.3) is 6.08 Å². The van der Waals surface area contributed by atoms with Gasteiger partial charge in [-0.2, -0.15) is 0 Å². The molecule has 0 unspecified atom stereocenters. The molecule has 1 aromatic heterocycles. The van der Waals surface area contributed by atoms with Gasteiger partial charge >= 0.3 is 5.97 Å². The Hall–Kier alpha value is -3.90. The number of rotatable bonds is 9. The third kappa shape index (κ3) is 6.25. The van der Waals surface area contributed by atoms with E-state index in [2.05, 4.69) is 20.9 Å². The topological polar surface area (TPSA) is 109 Å². The number of aromatic nitrogens is 1. The fourth-order valence-electron chi connectivity index (χ4n) is 5.18. The normalized spacial score (nSPS) is 16.5. The molecule has 0 aliphatic carbocycles. The number of thiazole rings is 1. The van der Waals surface area contributed by atoms with Crippen molar-refractivity contribution >= 4 is 45.2 Å². The molecular weight excluding hydrogens is 638 g/mol. The van der Waals surface area contributed by atoms with E-state index < -0.39 is 12.0 Å². The minimum absolute atomic E-state index is 0.00813. The number of hydrogen-bond donors (Lipinski definition) is 0. The highest BCUT2D eigenvalue weighted by Gasteiger charge is 2.35. The lowest BCUT2D eigenvalue weighted by Crippen LogP contribution is -2.40. The first-order valence-corrected chi connectivity index (χ1v) is 15.5. The SMILES string of the molecule is CCOC(=O)C1=C(C)N=c2s/c(=C/c3ccc(OCC(=O)N4CCCC4)cc3)c(=O)n2[C@H]1c1cc(OC)c(OC)cc1Br. The number of carbonyl (C=O) groups is 2. The highest BCUT2D eigenvalue weighted by molar-refractivity contribution is 9.10. The van der Waals surface area contributed by atoms with Crippen LogP contribution in [0.2, 0.25) is 0 Å². The summed E-state index contributed by atoms with van der Waals surface area (Å²) in [5, 5.41) is 0. The van der Waals surface area contributed by atoms with Crippen LogP contribution in [0.1, 0.15) is 43.9 Å². The highest BCUT2D eigenvalue weighted by Crippen LogP contribution is 2.40. The van der Waals surface area contributed by atoms with Crippen molar-refractivity contribution in [1.82, 2.24) is 9.47 Å². The Kier molecular flexibility index (Phi) is 9.36. The second-order valence-corrected chi connectivity index (χ2v) is 11.8. The van der Waals surface area contributed by atoms with E-state index in [1.54, 1.807) is 44.2 Å². The average Bonchev–Trinajstić information content (AvgIpc) is 3.64. The van der Waals surface area contributed by atoms with E-state index in [1.165, 1.54) is 30.1 Å². The van der Waals surface area contributed by atoms with E-state index in [0.717, 1.165) is 31.5 Å². The lowest BCUT2D eigenvalue weighted by Gasteiger charge is -2.26. The maximum absolute atomic E-state index is 14.0. The van der Waals surface area contributed by atoms with Gasteiger partial charge in [-0.3, -0.25) is 14.2 Å². The Morgan fingerprint density at radius 3 is 2.42 bits per heavy atom. The largest absolute Gasteiger partial charge is 0.493 e. The smallest absolute Gasteiger partial charge is 0.338 e. The number of hydrogen-bond acceptors (Lipinski definition) is 9. The number of allylic oxidation sites excluding steroid dienone is 1. The van der Waals surface area contributed by atoms with Gasteiger partial charge in [0.1, 0.15) is 5.75 Å². The van der Waals surface area contributed by atoms with Crippen molar-refractivity contribution in [2.45, 2.75) is 32.7 Å². The van der Waals surface area contributed by atoms with Gasteiger partial charge in [0.05, 0.1) is 42.7 Å². The predicted octanol–water partition coefficient (Wildman–Crippen LogP) is 3.58. The number of carbonyl (C=O) groups excluding carboxylic acids is 2. The van der Waals surface area contributed by atoms with Crippen molar-refractivity contribution < 1.29 is 28.5 Å². The van der Waals surface area contributed by atoms with Crippen LogP contribution in [0, 0.1) is 0 Å². The van der Waals surface area contributed by atoms with E-state index in [-0.39, 0.29) is 30.3 Å².